The van der Waals surface area contributed by atoms with Gasteiger partial charge in [-0.05, 0) is 50.6 Å². The quantitative estimate of drug-likeness (QED) is 0.209. The Hall–Kier alpha value is -1.57. The van der Waals surface area contributed by atoms with Crippen LogP contribution in [-0.4, -0.2) is 10.9 Å². The Morgan fingerprint density at radius 2 is 1.86 bits per heavy atom. The summed E-state index contributed by atoms with van der Waals surface area (Å²) >= 11 is 4.52. The van der Waals surface area contributed by atoms with Crippen LogP contribution in [0.25, 0.3) is 0 Å². The molecular weight excluding hydrogens is 276 g/mol. The van der Waals surface area contributed by atoms with Crippen LogP contribution in [0, 0.1) is 0 Å². The highest BCUT2D eigenvalue weighted by Gasteiger charge is 1.95. The highest BCUT2D eigenvalue weighted by atomic mass is 32.1. The van der Waals surface area contributed by atoms with Gasteiger partial charge < -0.3 is 0 Å². The smallest absolute Gasteiger partial charge is 0.0668 e. The van der Waals surface area contributed by atoms with E-state index < -0.39 is 0 Å². The monoisotopic (exact) mass is 302 g/mol. The molecule has 0 radical (unpaired) electrons. The molecule has 0 aliphatic heterocycles. The number of hydrogen-bond donors (Lipinski definition) is 0. The first-order chi connectivity index (χ1) is 10.0. The molecule has 0 aromatic carbocycles. The minimum absolute atomic E-state index is 0.557. The standard InChI is InChI=1S/C18H26N2S/c1-6-7-8-9-10-15(2)13-19-18(5)16(3)11-12-17(4)20-14-21/h11-13H,3-4,6-10H2,1-2,5H3/b12-11-,15-13+,19-18+. The number of rotatable bonds is 10. The molecule has 0 unspecified atom stereocenters. The van der Waals surface area contributed by atoms with Crippen LogP contribution < -0.4 is 0 Å². The van der Waals surface area contributed by atoms with Crippen LogP contribution in [0.15, 0.2) is 58.3 Å². The zero-order valence-corrected chi connectivity index (χ0v) is 14.3. The van der Waals surface area contributed by atoms with E-state index in [0.717, 1.165) is 17.7 Å². The number of allylic oxidation sites excluding steroid dienone is 4. The summed E-state index contributed by atoms with van der Waals surface area (Å²) in [6.45, 7) is 14.0. The van der Waals surface area contributed by atoms with E-state index in [1.807, 2.05) is 19.2 Å². The fraction of sp³-hybridized carbons (Fsp3) is 0.444. The van der Waals surface area contributed by atoms with Crippen molar-refractivity contribution in [3.63, 3.8) is 0 Å². The Balaban J connectivity index is 4.41. The molecule has 0 saturated heterocycles. The van der Waals surface area contributed by atoms with Gasteiger partial charge in [-0.2, -0.15) is 4.99 Å². The summed E-state index contributed by atoms with van der Waals surface area (Å²) in [7, 11) is 0. The van der Waals surface area contributed by atoms with Crippen molar-refractivity contribution >= 4 is 23.1 Å². The van der Waals surface area contributed by atoms with Gasteiger partial charge in [-0.1, -0.05) is 51.0 Å². The largest absolute Gasteiger partial charge is 0.261 e. The number of isothiocyanates is 1. The van der Waals surface area contributed by atoms with Gasteiger partial charge in [0.05, 0.1) is 10.9 Å². The summed E-state index contributed by atoms with van der Waals surface area (Å²) in [5.74, 6) is 0. The van der Waals surface area contributed by atoms with Crippen molar-refractivity contribution in [2.45, 2.75) is 52.9 Å². The van der Waals surface area contributed by atoms with Crippen LogP contribution in [0.1, 0.15) is 52.9 Å². The molecule has 114 valence electrons. The first-order valence-corrected chi connectivity index (χ1v) is 7.76. The van der Waals surface area contributed by atoms with Gasteiger partial charge in [0.25, 0.3) is 0 Å². The van der Waals surface area contributed by atoms with E-state index >= 15 is 0 Å². The third-order valence-corrected chi connectivity index (χ3v) is 3.13. The highest BCUT2D eigenvalue weighted by molar-refractivity contribution is 7.78. The second-order valence-corrected chi connectivity index (χ2v) is 5.24. The lowest BCUT2D eigenvalue weighted by Gasteiger charge is -2.01. The van der Waals surface area contributed by atoms with Gasteiger partial charge >= 0.3 is 0 Å². The molecular formula is C18H26N2S. The van der Waals surface area contributed by atoms with Crippen molar-refractivity contribution in [2.75, 3.05) is 0 Å². The Kier molecular flexibility index (Phi) is 11.3. The molecule has 0 saturated carbocycles. The second kappa shape index (κ2) is 12.2. The molecule has 0 atom stereocenters. The average Bonchev–Trinajstić information content (AvgIpc) is 2.47. The van der Waals surface area contributed by atoms with Gasteiger partial charge in [0, 0.05) is 11.9 Å². The summed E-state index contributed by atoms with van der Waals surface area (Å²) in [6, 6.07) is 0. The minimum Gasteiger partial charge on any atom is -0.261 e. The van der Waals surface area contributed by atoms with E-state index in [1.165, 1.54) is 31.3 Å². The fourth-order valence-electron chi connectivity index (χ4n) is 1.60. The molecule has 2 nitrogen and oxygen atoms in total. The predicted molar refractivity (Wildman–Crippen MR) is 98.1 cm³/mol. The molecule has 0 fully saturated rings. The van der Waals surface area contributed by atoms with Crippen LogP contribution in [0.2, 0.25) is 0 Å². The van der Waals surface area contributed by atoms with E-state index in [2.05, 4.69) is 54.4 Å². The summed E-state index contributed by atoms with van der Waals surface area (Å²) in [6.07, 6.45) is 11.7. The molecule has 0 heterocycles. The maximum Gasteiger partial charge on any atom is 0.0668 e. The number of thiocarbonyl (C=S) groups is 1. The third-order valence-electron chi connectivity index (χ3n) is 3.03. The van der Waals surface area contributed by atoms with Crippen LogP contribution in [-0.2, 0) is 0 Å². The first kappa shape index (κ1) is 19.4. The van der Waals surface area contributed by atoms with E-state index in [1.54, 1.807) is 6.08 Å². The molecule has 0 aliphatic rings. The molecule has 0 N–H and O–H groups in total. The van der Waals surface area contributed by atoms with Crippen molar-refractivity contribution in [1.29, 1.82) is 0 Å². The molecule has 0 amide bonds. The zero-order chi connectivity index (χ0) is 16.1. The van der Waals surface area contributed by atoms with Crippen molar-refractivity contribution < 1.29 is 0 Å². The topological polar surface area (TPSA) is 24.7 Å². The number of unbranched alkanes of at least 4 members (excludes halogenated alkanes) is 3. The Morgan fingerprint density at radius 1 is 1.14 bits per heavy atom. The van der Waals surface area contributed by atoms with Crippen molar-refractivity contribution in [1.82, 2.24) is 0 Å². The van der Waals surface area contributed by atoms with Crippen molar-refractivity contribution in [2.24, 2.45) is 9.98 Å². The van der Waals surface area contributed by atoms with E-state index in [9.17, 15) is 0 Å². The molecule has 0 spiro atoms. The normalized spacial score (nSPS) is 12.3. The summed E-state index contributed by atoms with van der Waals surface area (Å²) in [4.78, 5) is 8.22. The maximum atomic E-state index is 4.52. The second-order valence-electron chi connectivity index (χ2n) is 5.05. The summed E-state index contributed by atoms with van der Waals surface area (Å²) in [5.41, 5.74) is 3.59. The first-order valence-electron chi connectivity index (χ1n) is 7.35. The maximum absolute atomic E-state index is 4.52. The Bertz CT molecular complexity index is 489. The predicted octanol–water partition coefficient (Wildman–Crippen LogP) is 6.05. The minimum atomic E-state index is 0.557. The Morgan fingerprint density at radius 3 is 2.48 bits per heavy atom. The van der Waals surface area contributed by atoms with Gasteiger partial charge in [-0.3, -0.25) is 4.99 Å². The van der Waals surface area contributed by atoms with Crippen LogP contribution in [0.4, 0.5) is 0 Å². The molecule has 0 aromatic heterocycles. The fourth-order valence-corrected chi connectivity index (χ4v) is 1.72. The lowest BCUT2D eigenvalue weighted by Crippen LogP contribution is -1.92. The van der Waals surface area contributed by atoms with Gasteiger partial charge in [-0.25, -0.2) is 0 Å². The SMILES string of the molecule is C=C(/C=C\C(=C)/C(C)=N/C=C(\C)CCCCCC)N=C=S. The summed E-state index contributed by atoms with van der Waals surface area (Å²) in [5, 5.41) is 2.28. The number of hydrogen-bond acceptors (Lipinski definition) is 3. The van der Waals surface area contributed by atoms with Crippen LogP contribution in [0.5, 0.6) is 0 Å². The lowest BCUT2D eigenvalue weighted by molar-refractivity contribution is 0.664. The van der Waals surface area contributed by atoms with Crippen LogP contribution >= 0.6 is 12.2 Å². The lowest BCUT2D eigenvalue weighted by atomic mass is 10.1. The highest BCUT2D eigenvalue weighted by Crippen LogP contribution is 2.10. The van der Waals surface area contributed by atoms with Gasteiger partial charge in [0.15, 0.2) is 0 Å². The van der Waals surface area contributed by atoms with Crippen molar-refractivity contribution in [3.05, 3.63) is 48.4 Å². The van der Waals surface area contributed by atoms with E-state index in [-0.39, 0.29) is 0 Å². The molecule has 0 rings (SSSR count). The Labute approximate surface area is 134 Å². The molecule has 0 aliphatic carbocycles. The third kappa shape index (κ3) is 10.8. The van der Waals surface area contributed by atoms with Gasteiger partial charge in [0.1, 0.15) is 0 Å². The van der Waals surface area contributed by atoms with Gasteiger partial charge in [0.2, 0.25) is 0 Å². The molecule has 0 aromatic rings. The summed E-state index contributed by atoms with van der Waals surface area (Å²) < 4.78 is 0. The molecule has 0 bridgehead atoms. The molecule has 21 heavy (non-hydrogen) atoms. The number of nitrogens with zero attached hydrogens (tertiary/aromatic N) is 2. The van der Waals surface area contributed by atoms with Gasteiger partial charge in [-0.15, -0.1) is 0 Å². The van der Waals surface area contributed by atoms with Crippen LogP contribution in [0.3, 0.4) is 0 Å². The van der Waals surface area contributed by atoms with E-state index in [0.29, 0.717) is 5.70 Å². The average molecular weight is 302 g/mol. The molecule has 3 heteroatoms. The van der Waals surface area contributed by atoms with Crippen molar-refractivity contribution in [3.8, 4) is 0 Å². The van der Waals surface area contributed by atoms with E-state index in [4.69, 9.17) is 0 Å². The number of aliphatic imine (C=N–C) groups is 2. The zero-order valence-electron chi connectivity index (χ0n) is 13.5.